The molecule has 0 spiro atoms. The predicted molar refractivity (Wildman–Crippen MR) is 85.8 cm³/mol. The fraction of sp³-hybridized carbons (Fsp3) is 0.750. The lowest BCUT2D eigenvalue weighted by Crippen LogP contribution is -2.49. The van der Waals surface area contributed by atoms with E-state index in [9.17, 15) is 0 Å². The van der Waals surface area contributed by atoms with Crippen LogP contribution < -0.4 is 5.73 Å². The molecule has 0 bridgehead atoms. The SMILES string of the molecule is CCC(C)(C1CCCCC1)C1C=C(Br)C=CN1CN. The molecular formula is C16H27BrN2. The molecule has 2 nitrogen and oxygen atoms in total. The van der Waals surface area contributed by atoms with Gasteiger partial charge < -0.3 is 10.6 Å². The number of hydrogen-bond donors (Lipinski definition) is 1. The van der Waals surface area contributed by atoms with Gasteiger partial charge in [0, 0.05) is 10.7 Å². The van der Waals surface area contributed by atoms with E-state index in [0.29, 0.717) is 18.1 Å². The molecule has 2 unspecified atom stereocenters. The third-order valence-corrected chi connectivity index (χ3v) is 5.81. The molecule has 1 fully saturated rings. The minimum atomic E-state index is 0.323. The minimum absolute atomic E-state index is 0.323. The number of rotatable bonds is 4. The van der Waals surface area contributed by atoms with Crippen molar-refractivity contribution in [2.24, 2.45) is 17.1 Å². The Kier molecular flexibility index (Phi) is 5.13. The van der Waals surface area contributed by atoms with Gasteiger partial charge in [-0.1, -0.05) is 49.0 Å². The summed E-state index contributed by atoms with van der Waals surface area (Å²) in [6.07, 6.45) is 14.8. The van der Waals surface area contributed by atoms with Gasteiger partial charge >= 0.3 is 0 Å². The zero-order chi connectivity index (χ0) is 13.9. The molecule has 1 aliphatic heterocycles. The lowest BCUT2D eigenvalue weighted by molar-refractivity contribution is 0.0531. The van der Waals surface area contributed by atoms with Gasteiger partial charge in [-0.05, 0) is 42.7 Å². The van der Waals surface area contributed by atoms with Gasteiger partial charge in [-0.3, -0.25) is 0 Å². The van der Waals surface area contributed by atoms with Crippen molar-refractivity contribution in [3.63, 3.8) is 0 Å². The summed E-state index contributed by atoms with van der Waals surface area (Å²) in [5.41, 5.74) is 6.27. The molecule has 0 aromatic rings. The lowest BCUT2D eigenvalue weighted by atomic mass is 9.64. The molecule has 0 radical (unpaired) electrons. The van der Waals surface area contributed by atoms with Crippen LogP contribution >= 0.6 is 15.9 Å². The summed E-state index contributed by atoms with van der Waals surface area (Å²) >= 11 is 3.64. The van der Waals surface area contributed by atoms with Crippen molar-refractivity contribution in [2.45, 2.75) is 58.4 Å². The Morgan fingerprint density at radius 2 is 2.05 bits per heavy atom. The van der Waals surface area contributed by atoms with Gasteiger partial charge in [-0.25, -0.2) is 0 Å². The summed E-state index contributed by atoms with van der Waals surface area (Å²) in [5, 5.41) is 0. The van der Waals surface area contributed by atoms with E-state index in [1.165, 1.54) is 43.0 Å². The fourth-order valence-corrected chi connectivity index (χ4v) is 4.18. The van der Waals surface area contributed by atoms with Crippen molar-refractivity contribution < 1.29 is 0 Å². The van der Waals surface area contributed by atoms with Crippen molar-refractivity contribution in [1.29, 1.82) is 0 Å². The summed E-state index contributed by atoms with van der Waals surface area (Å²) < 4.78 is 1.19. The zero-order valence-electron chi connectivity index (χ0n) is 12.2. The van der Waals surface area contributed by atoms with Gasteiger partial charge in [0.05, 0.1) is 12.7 Å². The first-order chi connectivity index (χ1) is 9.11. The maximum Gasteiger partial charge on any atom is 0.0657 e. The van der Waals surface area contributed by atoms with E-state index in [4.69, 9.17) is 5.73 Å². The van der Waals surface area contributed by atoms with Gasteiger partial charge in [0.1, 0.15) is 0 Å². The average Bonchev–Trinajstić information content (AvgIpc) is 2.47. The average molecular weight is 327 g/mol. The first kappa shape index (κ1) is 15.1. The number of nitrogens with zero attached hydrogens (tertiary/aromatic N) is 1. The Hall–Kier alpha value is -0.280. The Bertz CT molecular complexity index is 358. The van der Waals surface area contributed by atoms with Crippen LogP contribution in [0.25, 0.3) is 0 Å². The molecule has 2 N–H and O–H groups in total. The van der Waals surface area contributed by atoms with E-state index in [-0.39, 0.29) is 0 Å². The van der Waals surface area contributed by atoms with Crippen LogP contribution in [0.4, 0.5) is 0 Å². The van der Waals surface area contributed by atoms with Crippen molar-refractivity contribution in [3.05, 3.63) is 22.8 Å². The molecule has 0 amide bonds. The van der Waals surface area contributed by atoms with E-state index in [2.05, 4.69) is 53.0 Å². The van der Waals surface area contributed by atoms with Crippen LogP contribution in [0.5, 0.6) is 0 Å². The maximum atomic E-state index is 5.95. The fourth-order valence-electron chi connectivity index (χ4n) is 3.81. The first-order valence-corrected chi connectivity index (χ1v) is 8.42. The molecule has 108 valence electrons. The first-order valence-electron chi connectivity index (χ1n) is 7.63. The summed E-state index contributed by atoms with van der Waals surface area (Å²) in [4.78, 5) is 2.29. The summed E-state index contributed by atoms with van der Waals surface area (Å²) in [6.45, 7) is 5.40. The standard InChI is InChI=1S/C16H27BrN2/c1-3-16(2,13-7-5-4-6-8-13)15-11-14(17)9-10-19(15)12-18/h9-11,13,15H,3-8,12,18H2,1-2H3. The highest BCUT2D eigenvalue weighted by Crippen LogP contribution is 2.46. The highest BCUT2D eigenvalue weighted by molar-refractivity contribution is 9.11. The number of nitrogens with two attached hydrogens (primary N) is 1. The molecule has 0 aromatic heterocycles. The Morgan fingerprint density at radius 3 is 2.63 bits per heavy atom. The van der Waals surface area contributed by atoms with Gasteiger partial charge in [0.2, 0.25) is 0 Å². The molecule has 1 aliphatic carbocycles. The van der Waals surface area contributed by atoms with Gasteiger partial charge in [0.25, 0.3) is 0 Å². The molecule has 1 saturated carbocycles. The van der Waals surface area contributed by atoms with Crippen molar-refractivity contribution in [3.8, 4) is 0 Å². The monoisotopic (exact) mass is 326 g/mol. The largest absolute Gasteiger partial charge is 0.358 e. The smallest absolute Gasteiger partial charge is 0.0657 e. The van der Waals surface area contributed by atoms with Crippen molar-refractivity contribution in [1.82, 2.24) is 4.90 Å². The molecule has 0 saturated heterocycles. The molecule has 2 atom stereocenters. The van der Waals surface area contributed by atoms with Crippen LogP contribution in [0.15, 0.2) is 22.8 Å². The van der Waals surface area contributed by atoms with Gasteiger partial charge in [-0.2, -0.15) is 0 Å². The molecule has 2 rings (SSSR count). The quantitative estimate of drug-likeness (QED) is 0.830. The lowest BCUT2D eigenvalue weighted by Gasteiger charge is -2.48. The molecule has 0 aromatic carbocycles. The predicted octanol–water partition coefficient (Wildman–Crippen LogP) is 4.38. The third kappa shape index (κ3) is 3.08. The van der Waals surface area contributed by atoms with E-state index in [0.717, 1.165) is 5.92 Å². The minimum Gasteiger partial charge on any atom is -0.358 e. The van der Waals surface area contributed by atoms with Gasteiger partial charge in [0.15, 0.2) is 0 Å². The molecule has 1 heterocycles. The highest BCUT2D eigenvalue weighted by Gasteiger charge is 2.41. The molecule has 2 aliphatic rings. The normalized spacial score (nSPS) is 28.1. The van der Waals surface area contributed by atoms with Crippen LogP contribution in [-0.4, -0.2) is 17.6 Å². The van der Waals surface area contributed by atoms with Crippen LogP contribution in [0, 0.1) is 11.3 Å². The Balaban J connectivity index is 2.25. The van der Waals surface area contributed by atoms with Crippen LogP contribution in [-0.2, 0) is 0 Å². The highest BCUT2D eigenvalue weighted by atomic mass is 79.9. The zero-order valence-corrected chi connectivity index (χ0v) is 13.8. The van der Waals surface area contributed by atoms with Gasteiger partial charge in [-0.15, -0.1) is 0 Å². The molecule has 19 heavy (non-hydrogen) atoms. The maximum absolute atomic E-state index is 5.95. The van der Waals surface area contributed by atoms with E-state index >= 15 is 0 Å². The van der Waals surface area contributed by atoms with Crippen LogP contribution in [0.2, 0.25) is 0 Å². The summed E-state index contributed by atoms with van der Waals surface area (Å²) in [6, 6.07) is 0.421. The third-order valence-electron chi connectivity index (χ3n) is 5.29. The summed E-state index contributed by atoms with van der Waals surface area (Å²) in [7, 11) is 0. The molecular weight excluding hydrogens is 300 g/mol. The van der Waals surface area contributed by atoms with Crippen molar-refractivity contribution >= 4 is 15.9 Å². The molecule has 3 heteroatoms. The Labute approximate surface area is 126 Å². The van der Waals surface area contributed by atoms with E-state index < -0.39 is 0 Å². The number of halogens is 1. The second kappa shape index (κ2) is 6.45. The van der Waals surface area contributed by atoms with E-state index in [1.807, 2.05) is 0 Å². The topological polar surface area (TPSA) is 29.3 Å². The van der Waals surface area contributed by atoms with Crippen molar-refractivity contribution in [2.75, 3.05) is 6.67 Å². The second-order valence-corrected chi connectivity index (χ2v) is 7.12. The van der Waals surface area contributed by atoms with Crippen LogP contribution in [0.1, 0.15) is 52.4 Å². The Morgan fingerprint density at radius 1 is 1.37 bits per heavy atom. The summed E-state index contributed by atoms with van der Waals surface area (Å²) in [5.74, 6) is 0.827. The number of allylic oxidation sites excluding steroid dienone is 2. The van der Waals surface area contributed by atoms with Crippen LogP contribution in [0.3, 0.4) is 0 Å². The van der Waals surface area contributed by atoms with E-state index in [1.54, 1.807) is 0 Å². The second-order valence-electron chi connectivity index (χ2n) is 6.20. The number of hydrogen-bond acceptors (Lipinski definition) is 2.